The van der Waals surface area contributed by atoms with E-state index >= 15 is 0 Å². The molecule has 0 amide bonds. The van der Waals surface area contributed by atoms with Crippen LogP contribution in [-0.2, 0) is 9.53 Å². The Bertz CT molecular complexity index is 202. The van der Waals surface area contributed by atoms with E-state index < -0.39 is 30.6 Å². The third-order valence-electron chi connectivity index (χ3n) is 1.59. The number of halogens is 3. The van der Waals surface area contributed by atoms with E-state index in [4.69, 9.17) is 9.84 Å². The first-order valence-electron chi connectivity index (χ1n) is 4.11. The van der Waals surface area contributed by atoms with Crippen molar-refractivity contribution in [3.63, 3.8) is 0 Å². The van der Waals surface area contributed by atoms with Crippen molar-refractivity contribution in [1.82, 2.24) is 0 Å². The van der Waals surface area contributed by atoms with Crippen LogP contribution < -0.4 is 0 Å². The van der Waals surface area contributed by atoms with Crippen LogP contribution in [0, 0.1) is 0 Å². The van der Waals surface area contributed by atoms with Crippen LogP contribution in [0.4, 0.5) is 13.2 Å². The molecule has 0 saturated carbocycles. The Labute approximate surface area is 79.9 Å². The minimum atomic E-state index is -4.42. The molecule has 0 bridgehead atoms. The molecule has 84 valence electrons. The van der Waals surface area contributed by atoms with E-state index in [0.717, 1.165) is 6.92 Å². The standard InChI is InChI=1S/C8H13F3O3/c1-3-14-7(2,4-6(12)13)5-8(9,10)11/h3-5H2,1-2H3,(H,12,13). The van der Waals surface area contributed by atoms with Crippen molar-refractivity contribution in [2.45, 2.75) is 38.5 Å². The zero-order valence-corrected chi connectivity index (χ0v) is 8.02. The van der Waals surface area contributed by atoms with Crippen molar-refractivity contribution in [3.05, 3.63) is 0 Å². The van der Waals surface area contributed by atoms with E-state index in [1.54, 1.807) is 0 Å². The molecule has 0 aromatic carbocycles. The van der Waals surface area contributed by atoms with Crippen molar-refractivity contribution >= 4 is 5.97 Å². The van der Waals surface area contributed by atoms with Gasteiger partial charge in [0.05, 0.1) is 18.4 Å². The van der Waals surface area contributed by atoms with Gasteiger partial charge in [-0.25, -0.2) is 0 Å². The highest BCUT2D eigenvalue weighted by atomic mass is 19.4. The lowest BCUT2D eigenvalue weighted by atomic mass is 9.97. The van der Waals surface area contributed by atoms with Crippen LogP contribution in [-0.4, -0.2) is 29.5 Å². The van der Waals surface area contributed by atoms with Gasteiger partial charge in [-0.15, -0.1) is 0 Å². The van der Waals surface area contributed by atoms with Crippen LogP contribution in [0.25, 0.3) is 0 Å². The maximum absolute atomic E-state index is 12.1. The summed E-state index contributed by atoms with van der Waals surface area (Å²) in [5.41, 5.74) is -1.67. The van der Waals surface area contributed by atoms with Gasteiger partial charge < -0.3 is 9.84 Å². The molecule has 0 fully saturated rings. The van der Waals surface area contributed by atoms with E-state index in [-0.39, 0.29) is 6.61 Å². The molecule has 0 aliphatic carbocycles. The van der Waals surface area contributed by atoms with Gasteiger partial charge in [0.1, 0.15) is 0 Å². The van der Waals surface area contributed by atoms with Crippen LogP contribution in [0.3, 0.4) is 0 Å². The smallest absolute Gasteiger partial charge is 0.391 e. The summed E-state index contributed by atoms with van der Waals surface area (Å²) in [5.74, 6) is -1.30. The topological polar surface area (TPSA) is 46.5 Å². The van der Waals surface area contributed by atoms with Crippen LogP contribution in [0.2, 0.25) is 0 Å². The first-order valence-corrected chi connectivity index (χ1v) is 4.11. The summed E-state index contributed by atoms with van der Waals surface area (Å²) in [6, 6.07) is 0. The Morgan fingerprint density at radius 2 is 1.93 bits per heavy atom. The van der Waals surface area contributed by atoms with Crippen molar-refractivity contribution in [3.8, 4) is 0 Å². The lowest BCUT2D eigenvalue weighted by Gasteiger charge is -2.28. The number of carbonyl (C=O) groups is 1. The number of alkyl halides is 3. The molecule has 0 rings (SSSR count). The Kier molecular flexibility index (Phi) is 4.38. The van der Waals surface area contributed by atoms with Gasteiger partial charge >= 0.3 is 12.1 Å². The first kappa shape index (κ1) is 13.2. The summed E-state index contributed by atoms with van der Waals surface area (Å²) in [6.07, 6.45) is -6.32. The minimum absolute atomic E-state index is 0.0554. The zero-order valence-electron chi connectivity index (χ0n) is 8.02. The Hall–Kier alpha value is -0.780. The molecule has 0 aromatic heterocycles. The third kappa shape index (κ3) is 5.80. The van der Waals surface area contributed by atoms with E-state index in [1.807, 2.05) is 0 Å². The predicted octanol–water partition coefficient (Wildman–Crippen LogP) is 2.21. The first-order chi connectivity index (χ1) is 6.18. The highest BCUT2D eigenvalue weighted by Crippen LogP contribution is 2.32. The van der Waals surface area contributed by atoms with Crippen LogP contribution in [0.5, 0.6) is 0 Å². The van der Waals surface area contributed by atoms with Crippen molar-refractivity contribution in [1.29, 1.82) is 0 Å². The number of rotatable bonds is 5. The van der Waals surface area contributed by atoms with Crippen molar-refractivity contribution in [2.24, 2.45) is 0 Å². The molecular weight excluding hydrogens is 201 g/mol. The van der Waals surface area contributed by atoms with Crippen molar-refractivity contribution in [2.75, 3.05) is 6.61 Å². The minimum Gasteiger partial charge on any atom is -0.481 e. The molecule has 0 aliphatic rings. The average Bonchev–Trinajstić information content (AvgIpc) is 1.78. The quantitative estimate of drug-likeness (QED) is 0.763. The normalized spacial score (nSPS) is 16.4. The van der Waals surface area contributed by atoms with Gasteiger partial charge in [-0.1, -0.05) is 0 Å². The SMILES string of the molecule is CCOC(C)(CC(=O)O)CC(F)(F)F. The lowest BCUT2D eigenvalue weighted by molar-refractivity contribution is -0.188. The van der Waals surface area contributed by atoms with Gasteiger partial charge in [0.15, 0.2) is 0 Å². The van der Waals surface area contributed by atoms with Gasteiger partial charge in [0.25, 0.3) is 0 Å². The molecule has 1 N–H and O–H groups in total. The van der Waals surface area contributed by atoms with Crippen LogP contribution in [0.1, 0.15) is 26.7 Å². The van der Waals surface area contributed by atoms with E-state index in [0.29, 0.717) is 0 Å². The molecule has 0 radical (unpaired) electrons. The molecule has 1 atom stereocenters. The summed E-state index contributed by atoms with van der Waals surface area (Å²) in [7, 11) is 0. The Balaban J connectivity index is 4.46. The van der Waals surface area contributed by atoms with Gasteiger partial charge in [0, 0.05) is 6.61 Å². The molecule has 14 heavy (non-hydrogen) atoms. The third-order valence-corrected chi connectivity index (χ3v) is 1.59. The highest BCUT2D eigenvalue weighted by Gasteiger charge is 2.41. The summed E-state index contributed by atoms with van der Waals surface area (Å²) in [6.45, 7) is 2.73. The van der Waals surface area contributed by atoms with Crippen LogP contribution in [0.15, 0.2) is 0 Å². The van der Waals surface area contributed by atoms with Gasteiger partial charge in [-0.05, 0) is 13.8 Å². The second-order valence-electron chi connectivity index (χ2n) is 3.25. The fraction of sp³-hybridized carbons (Fsp3) is 0.875. The van der Waals surface area contributed by atoms with Crippen molar-refractivity contribution < 1.29 is 27.8 Å². The molecule has 0 heterocycles. The van der Waals surface area contributed by atoms with Crippen LogP contribution >= 0.6 is 0 Å². The molecule has 1 unspecified atom stereocenters. The molecule has 3 nitrogen and oxygen atoms in total. The largest absolute Gasteiger partial charge is 0.481 e. The van der Waals surface area contributed by atoms with Gasteiger partial charge in [-0.2, -0.15) is 13.2 Å². The molecule has 0 aromatic rings. The number of aliphatic carboxylic acids is 1. The number of hydrogen-bond donors (Lipinski definition) is 1. The Morgan fingerprint density at radius 3 is 2.21 bits per heavy atom. The summed E-state index contributed by atoms with van der Waals surface area (Å²) >= 11 is 0. The zero-order chi connectivity index (χ0) is 11.4. The second-order valence-corrected chi connectivity index (χ2v) is 3.25. The van der Waals surface area contributed by atoms with E-state index in [2.05, 4.69) is 0 Å². The number of carboxylic acid groups (broad SMARTS) is 1. The lowest BCUT2D eigenvalue weighted by Crippen LogP contribution is -2.37. The number of carboxylic acids is 1. The fourth-order valence-corrected chi connectivity index (χ4v) is 1.26. The molecule has 0 aliphatic heterocycles. The second kappa shape index (κ2) is 4.63. The average molecular weight is 214 g/mol. The molecule has 0 saturated heterocycles. The fourth-order valence-electron chi connectivity index (χ4n) is 1.26. The molecule has 6 heteroatoms. The number of hydrogen-bond acceptors (Lipinski definition) is 2. The summed E-state index contributed by atoms with van der Waals surface area (Å²) in [4.78, 5) is 10.3. The van der Waals surface area contributed by atoms with Gasteiger partial charge in [-0.3, -0.25) is 4.79 Å². The van der Waals surface area contributed by atoms with E-state index in [1.165, 1.54) is 6.92 Å². The maximum Gasteiger partial charge on any atom is 0.391 e. The summed E-state index contributed by atoms with van der Waals surface area (Å²) in [5, 5.41) is 8.43. The number of ether oxygens (including phenoxy) is 1. The molecular formula is C8H13F3O3. The maximum atomic E-state index is 12.1. The highest BCUT2D eigenvalue weighted by molar-refractivity contribution is 5.68. The Morgan fingerprint density at radius 1 is 1.43 bits per heavy atom. The summed E-state index contributed by atoms with van der Waals surface area (Å²) < 4.78 is 41.0. The van der Waals surface area contributed by atoms with E-state index in [9.17, 15) is 18.0 Å². The van der Waals surface area contributed by atoms with Gasteiger partial charge in [0.2, 0.25) is 0 Å². The molecule has 0 spiro atoms. The predicted molar refractivity (Wildman–Crippen MR) is 43.0 cm³/mol. The monoisotopic (exact) mass is 214 g/mol.